The van der Waals surface area contributed by atoms with Crippen molar-refractivity contribution in [2.75, 3.05) is 0 Å². The summed E-state index contributed by atoms with van der Waals surface area (Å²) in [5.41, 5.74) is 3.33. The van der Waals surface area contributed by atoms with E-state index in [1.54, 1.807) is 6.92 Å². The third kappa shape index (κ3) is 2.56. The first-order chi connectivity index (χ1) is 10.4. The highest BCUT2D eigenvalue weighted by atomic mass is 16.5. The Hall–Kier alpha value is -2.04. The number of rotatable bonds is 4. The van der Waals surface area contributed by atoms with E-state index in [1.807, 2.05) is 19.9 Å². The number of aryl methyl sites for hydroxylation is 2. The molecule has 118 valence electrons. The van der Waals surface area contributed by atoms with Crippen LogP contribution < -0.4 is 4.74 Å². The first-order valence-electron chi connectivity index (χ1n) is 7.70. The molecule has 1 aliphatic heterocycles. The van der Waals surface area contributed by atoms with Gasteiger partial charge in [0.2, 0.25) is 0 Å². The number of hydrogen-bond donors (Lipinski definition) is 1. The van der Waals surface area contributed by atoms with Gasteiger partial charge in [0, 0.05) is 12.5 Å². The van der Waals surface area contributed by atoms with E-state index in [9.17, 15) is 14.7 Å². The fourth-order valence-corrected chi connectivity index (χ4v) is 2.98. The molecule has 1 fully saturated rings. The number of ether oxygens (including phenoxy) is 1. The summed E-state index contributed by atoms with van der Waals surface area (Å²) in [5, 5.41) is 9.23. The lowest BCUT2D eigenvalue weighted by atomic mass is 10.0. The molecule has 2 aliphatic rings. The normalized spacial score (nSPS) is 21.0. The second kappa shape index (κ2) is 5.30. The van der Waals surface area contributed by atoms with Crippen molar-refractivity contribution in [1.82, 2.24) is 4.90 Å². The average Bonchev–Trinajstić information content (AvgIpc) is 3.20. The lowest BCUT2D eigenvalue weighted by molar-refractivity contribution is -0.153. The van der Waals surface area contributed by atoms with Gasteiger partial charge in [-0.3, -0.25) is 4.79 Å². The summed E-state index contributed by atoms with van der Waals surface area (Å²) in [6, 6.07) is 3.25. The SMILES string of the molecule is Cc1cc2c(cc1C)OC(C(=O)N(C1CC1)C(C)C(=O)O)C2. The Labute approximate surface area is 129 Å². The molecule has 3 rings (SSSR count). The average molecular weight is 303 g/mol. The molecule has 0 aromatic heterocycles. The molecule has 5 heteroatoms. The van der Waals surface area contributed by atoms with Gasteiger partial charge in [0.15, 0.2) is 6.10 Å². The number of carbonyl (C=O) groups excluding carboxylic acids is 1. The zero-order valence-electron chi connectivity index (χ0n) is 13.1. The summed E-state index contributed by atoms with van der Waals surface area (Å²) in [4.78, 5) is 25.5. The first kappa shape index (κ1) is 14.9. The molecule has 0 bridgehead atoms. The second-order valence-electron chi connectivity index (χ2n) is 6.35. The van der Waals surface area contributed by atoms with E-state index in [4.69, 9.17) is 4.74 Å². The van der Waals surface area contributed by atoms with Gasteiger partial charge in [0.1, 0.15) is 11.8 Å². The van der Waals surface area contributed by atoms with E-state index in [0.717, 1.165) is 29.7 Å². The molecule has 0 spiro atoms. The molecule has 1 heterocycles. The van der Waals surface area contributed by atoms with Crippen LogP contribution in [0.2, 0.25) is 0 Å². The maximum Gasteiger partial charge on any atom is 0.326 e. The number of carbonyl (C=O) groups is 2. The number of benzene rings is 1. The number of carboxylic acids is 1. The Morgan fingerprint density at radius 2 is 1.91 bits per heavy atom. The summed E-state index contributed by atoms with van der Waals surface area (Å²) < 4.78 is 5.81. The Bertz CT molecular complexity index is 605. The maximum absolute atomic E-state index is 12.7. The van der Waals surface area contributed by atoms with E-state index in [-0.39, 0.29) is 11.9 Å². The number of fused-ring (bicyclic) bond motifs is 1. The second-order valence-corrected chi connectivity index (χ2v) is 6.35. The van der Waals surface area contributed by atoms with Crippen LogP contribution in [0.1, 0.15) is 36.5 Å². The van der Waals surface area contributed by atoms with Crippen LogP contribution in [0.25, 0.3) is 0 Å². The van der Waals surface area contributed by atoms with Gasteiger partial charge >= 0.3 is 5.97 Å². The van der Waals surface area contributed by atoms with Gasteiger partial charge in [0.25, 0.3) is 5.91 Å². The van der Waals surface area contributed by atoms with Crippen LogP contribution in [-0.2, 0) is 16.0 Å². The number of hydrogen-bond acceptors (Lipinski definition) is 3. The Balaban J connectivity index is 1.80. The molecule has 0 radical (unpaired) electrons. The monoisotopic (exact) mass is 303 g/mol. The predicted molar refractivity (Wildman–Crippen MR) is 81.0 cm³/mol. The van der Waals surface area contributed by atoms with Crippen molar-refractivity contribution in [3.63, 3.8) is 0 Å². The van der Waals surface area contributed by atoms with Crippen molar-refractivity contribution in [2.45, 2.75) is 58.2 Å². The van der Waals surface area contributed by atoms with Crippen LogP contribution in [0, 0.1) is 13.8 Å². The highest BCUT2D eigenvalue weighted by molar-refractivity contribution is 5.88. The van der Waals surface area contributed by atoms with Crippen molar-refractivity contribution in [2.24, 2.45) is 0 Å². The highest BCUT2D eigenvalue weighted by Crippen LogP contribution is 2.35. The van der Waals surface area contributed by atoms with E-state index in [2.05, 4.69) is 6.07 Å². The van der Waals surface area contributed by atoms with Crippen molar-refractivity contribution < 1.29 is 19.4 Å². The third-order valence-corrected chi connectivity index (χ3v) is 4.60. The molecule has 2 atom stereocenters. The number of amides is 1. The molecule has 1 saturated carbocycles. The Kier molecular flexibility index (Phi) is 3.59. The first-order valence-corrected chi connectivity index (χ1v) is 7.70. The lowest BCUT2D eigenvalue weighted by Gasteiger charge is -2.28. The van der Waals surface area contributed by atoms with E-state index in [0.29, 0.717) is 6.42 Å². The predicted octanol–water partition coefficient (Wildman–Crippen LogP) is 2.07. The lowest BCUT2D eigenvalue weighted by Crippen LogP contribution is -2.50. The fraction of sp³-hybridized carbons (Fsp3) is 0.529. The van der Waals surface area contributed by atoms with Crippen LogP contribution in [0.4, 0.5) is 0 Å². The molecule has 1 amide bonds. The standard InChI is InChI=1S/C17H21NO4/c1-9-6-12-8-15(22-14(12)7-10(9)2)16(19)18(13-4-5-13)11(3)17(20)21/h6-7,11,13,15H,4-5,8H2,1-3H3,(H,20,21). The minimum Gasteiger partial charge on any atom is -0.480 e. The summed E-state index contributed by atoms with van der Waals surface area (Å²) in [7, 11) is 0. The topological polar surface area (TPSA) is 66.8 Å². The minimum atomic E-state index is -0.970. The van der Waals surface area contributed by atoms with E-state index < -0.39 is 18.1 Å². The maximum atomic E-state index is 12.7. The van der Waals surface area contributed by atoms with Crippen molar-refractivity contribution in [1.29, 1.82) is 0 Å². The smallest absolute Gasteiger partial charge is 0.326 e. The number of nitrogens with zero attached hydrogens (tertiary/aromatic N) is 1. The summed E-state index contributed by atoms with van der Waals surface area (Å²) in [5.74, 6) is -0.425. The van der Waals surface area contributed by atoms with Crippen LogP contribution in [-0.4, -0.2) is 40.1 Å². The summed E-state index contributed by atoms with van der Waals surface area (Å²) in [6.45, 7) is 5.61. The molecular formula is C17H21NO4. The molecule has 22 heavy (non-hydrogen) atoms. The highest BCUT2D eigenvalue weighted by Gasteiger charge is 2.43. The molecule has 1 N–H and O–H groups in total. The molecule has 5 nitrogen and oxygen atoms in total. The van der Waals surface area contributed by atoms with Crippen LogP contribution >= 0.6 is 0 Å². The van der Waals surface area contributed by atoms with E-state index >= 15 is 0 Å². The summed E-state index contributed by atoms with van der Waals surface area (Å²) in [6.07, 6.45) is 1.67. The molecule has 2 unspecified atom stereocenters. The molecule has 1 aromatic rings. The largest absolute Gasteiger partial charge is 0.480 e. The number of carboxylic acid groups (broad SMARTS) is 1. The van der Waals surface area contributed by atoms with Crippen LogP contribution in [0.3, 0.4) is 0 Å². The fourth-order valence-electron chi connectivity index (χ4n) is 2.98. The van der Waals surface area contributed by atoms with Crippen LogP contribution in [0.5, 0.6) is 5.75 Å². The van der Waals surface area contributed by atoms with Crippen molar-refractivity contribution in [3.8, 4) is 5.75 Å². The zero-order chi connectivity index (χ0) is 16.0. The van der Waals surface area contributed by atoms with Crippen molar-refractivity contribution >= 4 is 11.9 Å². The third-order valence-electron chi connectivity index (χ3n) is 4.60. The summed E-state index contributed by atoms with van der Waals surface area (Å²) >= 11 is 0. The van der Waals surface area contributed by atoms with Crippen LogP contribution in [0.15, 0.2) is 12.1 Å². The van der Waals surface area contributed by atoms with Gasteiger partial charge in [-0.2, -0.15) is 0 Å². The molecule has 1 aliphatic carbocycles. The molecule has 1 aromatic carbocycles. The molecule has 0 saturated heterocycles. The zero-order valence-corrected chi connectivity index (χ0v) is 13.1. The van der Waals surface area contributed by atoms with E-state index in [1.165, 1.54) is 10.5 Å². The number of aliphatic carboxylic acids is 1. The van der Waals surface area contributed by atoms with Gasteiger partial charge in [-0.25, -0.2) is 4.79 Å². The van der Waals surface area contributed by atoms with Gasteiger partial charge in [-0.15, -0.1) is 0 Å². The van der Waals surface area contributed by atoms with Gasteiger partial charge in [0.05, 0.1) is 0 Å². The quantitative estimate of drug-likeness (QED) is 0.924. The van der Waals surface area contributed by atoms with Gasteiger partial charge in [-0.05, 0) is 56.4 Å². The molecular weight excluding hydrogens is 282 g/mol. The van der Waals surface area contributed by atoms with Gasteiger partial charge in [-0.1, -0.05) is 6.07 Å². The van der Waals surface area contributed by atoms with Gasteiger partial charge < -0.3 is 14.7 Å². The van der Waals surface area contributed by atoms with Crippen molar-refractivity contribution in [3.05, 3.63) is 28.8 Å². The minimum absolute atomic E-state index is 0.0504. The Morgan fingerprint density at radius 3 is 2.50 bits per heavy atom. The Morgan fingerprint density at radius 1 is 1.27 bits per heavy atom.